The van der Waals surface area contributed by atoms with Crippen LogP contribution in [0.5, 0.6) is 11.5 Å². The summed E-state index contributed by atoms with van der Waals surface area (Å²) < 4.78 is 12.0. The molecular weight excluding hydrogens is 400 g/mol. The number of aromatic nitrogens is 1. The minimum atomic E-state index is -0.212. The SMILES string of the molecule is COc1ccc(NC(=O)CSc2cc(=O)n(C)c3cc(Cl)ccc23)c(OC)c1. The van der Waals surface area contributed by atoms with Gasteiger partial charge in [-0.1, -0.05) is 17.7 Å². The van der Waals surface area contributed by atoms with Crippen molar-refractivity contribution < 1.29 is 14.3 Å². The van der Waals surface area contributed by atoms with Crippen LogP contribution in [0.3, 0.4) is 0 Å². The molecule has 6 nitrogen and oxygen atoms in total. The van der Waals surface area contributed by atoms with Crippen LogP contribution in [-0.4, -0.2) is 30.4 Å². The minimum absolute atomic E-state index is 0.139. The molecule has 0 bridgehead atoms. The van der Waals surface area contributed by atoms with Gasteiger partial charge in [-0.15, -0.1) is 11.8 Å². The van der Waals surface area contributed by atoms with Crippen LogP contribution >= 0.6 is 23.4 Å². The summed E-state index contributed by atoms with van der Waals surface area (Å²) in [4.78, 5) is 25.4. The maximum Gasteiger partial charge on any atom is 0.251 e. The second-order valence-corrected chi connectivity index (χ2v) is 7.42. The first-order valence-corrected chi connectivity index (χ1v) is 9.73. The van der Waals surface area contributed by atoms with Gasteiger partial charge in [0.2, 0.25) is 5.91 Å². The summed E-state index contributed by atoms with van der Waals surface area (Å²) >= 11 is 7.35. The van der Waals surface area contributed by atoms with E-state index in [2.05, 4.69) is 5.32 Å². The Morgan fingerprint density at radius 3 is 2.64 bits per heavy atom. The van der Waals surface area contributed by atoms with Gasteiger partial charge in [-0.25, -0.2) is 0 Å². The summed E-state index contributed by atoms with van der Waals surface area (Å²) in [6.45, 7) is 0. The van der Waals surface area contributed by atoms with Gasteiger partial charge < -0.3 is 19.4 Å². The molecule has 1 heterocycles. The molecule has 1 N–H and O–H groups in total. The molecule has 0 radical (unpaired) electrons. The highest BCUT2D eigenvalue weighted by Gasteiger charge is 2.12. The molecular formula is C20H19ClN2O4S. The molecule has 0 aliphatic carbocycles. The molecule has 146 valence electrons. The maximum absolute atomic E-state index is 12.4. The molecule has 1 aromatic heterocycles. The fraction of sp³-hybridized carbons (Fsp3) is 0.200. The fourth-order valence-corrected chi connectivity index (χ4v) is 3.78. The molecule has 0 atom stereocenters. The van der Waals surface area contributed by atoms with Crippen LogP contribution in [0.25, 0.3) is 10.9 Å². The third-order valence-corrected chi connectivity index (χ3v) is 5.50. The number of methoxy groups -OCH3 is 2. The van der Waals surface area contributed by atoms with E-state index in [0.717, 1.165) is 15.8 Å². The zero-order chi connectivity index (χ0) is 20.3. The number of aryl methyl sites for hydroxylation is 1. The number of hydrogen-bond donors (Lipinski definition) is 1. The molecule has 0 aliphatic heterocycles. The van der Waals surface area contributed by atoms with Gasteiger partial charge in [-0.05, 0) is 24.3 Å². The van der Waals surface area contributed by atoms with Gasteiger partial charge in [0.1, 0.15) is 11.5 Å². The Morgan fingerprint density at radius 1 is 1.14 bits per heavy atom. The van der Waals surface area contributed by atoms with Crippen molar-refractivity contribution in [2.45, 2.75) is 4.90 Å². The van der Waals surface area contributed by atoms with Gasteiger partial charge >= 0.3 is 0 Å². The molecule has 0 unspecified atom stereocenters. The number of nitrogens with one attached hydrogen (secondary N) is 1. The van der Waals surface area contributed by atoms with Crippen molar-refractivity contribution >= 4 is 45.9 Å². The van der Waals surface area contributed by atoms with Gasteiger partial charge in [0, 0.05) is 34.5 Å². The van der Waals surface area contributed by atoms with Crippen LogP contribution in [0, 0.1) is 0 Å². The number of thioether (sulfide) groups is 1. The smallest absolute Gasteiger partial charge is 0.251 e. The third kappa shape index (κ3) is 4.26. The molecule has 0 saturated heterocycles. The third-order valence-electron chi connectivity index (χ3n) is 4.21. The average molecular weight is 419 g/mol. The van der Waals surface area contributed by atoms with E-state index >= 15 is 0 Å². The van der Waals surface area contributed by atoms with Crippen molar-refractivity contribution in [3.63, 3.8) is 0 Å². The summed E-state index contributed by atoms with van der Waals surface area (Å²) in [7, 11) is 4.78. The number of carbonyl (C=O) groups excluding carboxylic acids is 1. The van der Waals surface area contributed by atoms with Crippen LogP contribution in [0.4, 0.5) is 5.69 Å². The van der Waals surface area contributed by atoms with Gasteiger partial charge in [0.05, 0.1) is 31.2 Å². The predicted octanol–water partition coefficient (Wildman–Crippen LogP) is 3.94. The molecule has 0 fully saturated rings. The number of fused-ring (bicyclic) bond motifs is 1. The van der Waals surface area contributed by atoms with Gasteiger partial charge in [-0.2, -0.15) is 0 Å². The molecule has 28 heavy (non-hydrogen) atoms. The monoisotopic (exact) mass is 418 g/mol. The highest BCUT2D eigenvalue weighted by molar-refractivity contribution is 8.00. The number of nitrogens with zero attached hydrogens (tertiary/aromatic N) is 1. The Labute approximate surface area is 171 Å². The Hall–Kier alpha value is -2.64. The normalized spacial score (nSPS) is 10.7. The quantitative estimate of drug-likeness (QED) is 0.614. The van der Waals surface area contributed by atoms with Gasteiger partial charge in [0.15, 0.2) is 0 Å². The summed E-state index contributed by atoms with van der Waals surface area (Å²) in [6, 6.07) is 12.0. The Kier molecular flexibility index (Phi) is 6.16. The molecule has 0 aliphatic rings. The molecule has 0 spiro atoms. The van der Waals surface area contributed by atoms with Crippen molar-refractivity contribution in [3.05, 3.63) is 57.8 Å². The number of benzene rings is 2. The molecule has 3 aromatic rings. The summed E-state index contributed by atoms with van der Waals surface area (Å²) in [5.74, 6) is 1.07. The van der Waals surface area contributed by atoms with Crippen LogP contribution in [0.2, 0.25) is 5.02 Å². The van der Waals surface area contributed by atoms with Crippen molar-refractivity contribution in [1.29, 1.82) is 0 Å². The molecule has 0 saturated carbocycles. The van der Waals surface area contributed by atoms with Crippen LogP contribution in [-0.2, 0) is 11.8 Å². The number of carbonyl (C=O) groups is 1. The van der Waals surface area contributed by atoms with Crippen molar-refractivity contribution in [3.8, 4) is 11.5 Å². The van der Waals surface area contributed by atoms with E-state index in [1.165, 1.54) is 29.5 Å². The van der Waals surface area contributed by atoms with E-state index in [9.17, 15) is 9.59 Å². The van der Waals surface area contributed by atoms with Crippen LogP contribution in [0.1, 0.15) is 0 Å². The van der Waals surface area contributed by atoms with E-state index < -0.39 is 0 Å². The second kappa shape index (κ2) is 8.58. The average Bonchev–Trinajstić information content (AvgIpc) is 2.70. The van der Waals surface area contributed by atoms with Crippen molar-refractivity contribution in [2.24, 2.45) is 7.05 Å². The number of pyridine rings is 1. The first kappa shape index (κ1) is 20.1. The van der Waals surface area contributed by atoms with Gasteiger partial charge in [-0.3, -0.25) is 9.59 Å². The van der Waals surface area contributed by atoms with E-state index in [1.807, 2.05) is 6.07 Å². The highest BCUT2D eigenvalue weighted by Crippen LogP contribution is 2.31. The fourth-order valence-electron chi connectivity index (χ4n) is 2.75. The largest absolute Gasteiger partial charge is 0.497 e. The predicted molar refractivity (Wildman–Crippen MR) is 113 cm³/mol. The standard InChI is InChI=1S/C20H19ClN2O4S/c1-23-16-8-12(21)4-6-14(16)18(10-20(23)25)28-11-19(24)22-15-7-5-13(26-2)9-17(15)27-3/h4-10H,11H2,1-3H3,(H,22,24). The topological polar surface area (TPSA) is 69.6 Å². The second-order valence-electron chi connectivity index (χ2n) is 5.97. The van der Waals surface area contributed by atoms with Crippen LogP contribution in [0.15, 0.2) is 52.2 Å². The molecule has 8 heteroatoms. The first-order valence-electron chi connectivity index (χ1n) is 8.37. The molecule has 3 rings (SSSR count). The Bertz CT molecular complexity index is 1100. The van der Waals surface area contributed by atoms with Crippen molar-refractivity contribution in [2.75, 3.05) is 25.3 Å². The number of ether oxygens (including phenoxy) is 2. The Morgan fingerprint density at radius 2 is 1.93 bits per heavy atom. The lowest BCUT2D eigenvalue weighted by Gasteiger charge is -2.12. The zero-order valence-corrected chi connectivity index (χ0v) is 17.2. The number of anilines is 1. The van der Waals surface area contributed by atoms with E-state index in [-0.39, 0.29) is 17.2 Å². The van der Waals surface area contributed by atoms with E-state index in [0.29, 0.717) is 22.2 Å². The first-order chi connectivity index (χ1) is 13.4. The summed E-state index contributed by atoms with van der Waals surface area (Å²) in [6.07, 6.45) is 0. The lowest BCUT2D eigenvalue weighted by atomic mass is 10.2. The maximum atomic E-state index is 12.4. The van der Waals surface area contributed by atoms with Crippen molar-refractivity contribution in [1.82, 2.24) is 4.57 Å². The number of hydrogen-bond acceptors (Lipinski definition) is 5. The Balaban J connectivity index is 1.79. The zero-order valence-electron chi connectivity index (χ0n) is 15.6. The number of rotatable bonds is 6. The lowest BCUT2D eigenvalue weighted by molar-refractivity contribution is -0.113. The minimum Gasteiger partial charge on any atom is -0.497 e. The van der Waals surface area contributed by atoms with E-state index in [4.69, 9.17) is 21.1 Å². The molecule has 1 amide bonds. The number of amides is 1. The van der Waals surface area contributed by atoms with Crippen LogP contribution < -0.4 is 20.3 Å². The van der Waals surface area contributed by atoms with Gasteiger partial charge in [0.25, 0.3) is 5.56 Å². The number of halogens is 1. The summed E-state index contributed by atoms with van der Waals surface area (Å²) in [5, 5.41) is 4.24. The molecule has 2 aromatic carbocycles. The highest BCUT2D eigenvalue weighted by atomic mass is 35.5. The lowest BCUT2D eigenvalue weighted by Crippen LogP contribution is -2.17. The van der Waals surface area contributed by atoms with E-state index in [1.54, 1.807) is 44.5 Å². The summed E-state index contributed by atoms with van der Waals surface area (Å²) in [5.41, 5.74) is 1.11.